The van der Waals surface area contributed by atoms with Crippen LogP contribution in [0.1, 0.15) is 28.9 Å². The van der Waals surface area contributed by atoms with Gasteiger partial charge < -0.3 is 5.73 Å². The number of nitrogens with one attached hydrogen (secondary N) is 1. The Morgan fingerprint density at radius 2 is 2.00 bits per heavy atom. The Kier molecular flexibility index (Phi) is 3.31. The number of fused-ring (bicyclic) bond motifs is 1. The van der Waals surface area contributed by atoms with E-state index in [0.29, 0.717) is 20.9 Å². The lowest BCUT2D eigenvalue weighted by molar-refractivity contribution is 0.0755. The minimum Gasteiger partial charge on any atom is -0.396 e. The maximum atomic E-state index is 12.2. The zero-order valence-corrected chi connectivity index (χ0v) is 11.2. The van der Waals surface area contributed by atoms with Crippen molar-refractivity contribution in [1.29, 1.82) is 0 Å². The molecular weight excluding hydrogens is 262 g/mol. The van der Waals surface area contributed by atoms with E-state index in [-0.39, 0.29) is 5.91 Å². The second-order valence-electron chi connectivity index (χ2n) is 4.54. The van der Waals surface area contributed by atoms with Gasteiger partial charge in [-0.15, -0.1) is 11.3 Å². The molecule has 0 bridgehead atoms. The fraction of sp³-hybridized carbons (Fsp3) is 0.417. The van der Waals surface area contributed by atoms with Crippen LogP contribution in [0.15, 0.2) is 12.4 Å². The molecule has 0 aliphatic carbocycles. The van der Waals surface area contributed by atoms with E-state index in [0.717, 1.165) is 25.9 Å². The summed E-state index contributed by atoms with van der Waals surface area (Å²) >= 11 is 1.28. The van der Waals surface area contributed by atoms with Gasteiger partial charge in [0.25, 0.3) is 5.91 Å². The lowest BCUT2D eigenvalue weighted by Crippen LogP contribution is -2.44. The largest absolute Gasteiger partial charge is 0.396 e. The highest BCUT2D eigenvalue weighted by Crippen LogP contribution is 2.30. The van der Waals surface area contributed by atoms with Crippen LogP contribution in [-0.2, 0) is 0 Å². The van der Waals surface area contributed by atoms with Crippen molar-refractivity contribution in [3.63, 3.8) is 0 Å². The zero-order chi connectivity index (χ0) is 13.2. The van der Waals surface area contributed by atoms with Crippen LogP contribution in [0.25, 0.3) is 10.3 Å². The first-order valence-corrected chi connectivity index (χ1v) is 7.12. The van der Waals surface area contributed by atoms with Crippen molar-refractivity contribution in [1.82, 2.24) is 20.4 Å². The summed E-state index contributed by atoms with van der Waals surface area (Å²) in [5.41, 5.74) is 9.91. The van der Waals surface area contributed by atoms with Crippen LogP contribution < -0.4 is 11.2 Å². The minimum atomic E-state index is -0.163. The predicted octanol–water partition coefficient (Wildman–Crippen LogP) is 1.40. The Balaban J connectivity index is 1.83. The Bertz CT molecular complexity index is 605. The number of hydrazine groups is 1. The molecule has 3 rings (SSSR count). The number of aromatic nitrogens is 2. The summed E-state index contributed by atoms with van der Waals surface area (Å²) in [6.07, 6.45) is 6.64. The van der Waals surface area contributed by atoms with E-state index in [9.17, 15) is 4.79 Å². The normalized spacial score (nSPS) is 16.6. The standard InChI is InChI=1S/C12H15N5OS/c13-8-9-12(15-5-4-14-9)19-10(8)11(18)16-17-6-2-1-3-7-17/h4-5H,1-3,6-7,13H2,(H,16,18). The Labute approximate surface area is 114 Å². The van der Waals surface area contributed by atoms with Crippen molar-refractivity contribution in [2.75, 3.05) is 18.8 Å². The van der Waals surface area contributed by atoms with Crippen molar-refractivity contribution in [3.05, 3.63) is 17.3 Å². The Morgan fingerprint density at radius 1 is 1.26 bits per heavy atom. The molecule has 6 nitrogen and oxygen atoms in total. The summed E-state index contributed by atoms with van der Waals surface area (Å²) in [5.74, 6) is -0.163. The van der Waals surface area contributed by atoms with E-state index in [1.165, 1.54) is 17.8 Å². The highest BCUT2D eigenvalue weighted by atomic mass is 32.1. The molecule has 1 amide bonds. The van der Waals surface area contributed by atoms with Crippen LogP contribution in [0.3, 0.4) is 0 Å². The molecule has 1 aliphatic heterocycles. The third-order valence-electron chi connectivity index (χ3n) is 3.19. The highest BCUT2D eigenvalue weighted by Gasteiger charge is 2.20. The van der Waals surface area contributed by atoms with Crippen LogP contribution in [0.4, 0.5) is 5.69 Å². The Hall–Kier alpha value is -1.73. The number of nitrogen functional groups attached to an aromatic ring is 1. The fourth-order valence-electron chi connectivity index (χ4n) is 2.21. The molecule has 19 heavy (non-hydrogen) atoms. The van der Waals surface area contributed by atoms with E-state index in [2.05, 4.69) is 15.4 Å². The number of nitrogens with zero attached hydrogens (tertiary/aromatic N) is 3. The topological polar surface area (TPSA) is 84.1 Å². The fourth-order valence-corrected chi connectivity index (χ4v) is 3.12. The average Bonchev–Trinajstić information content (AvgIpc) is 2.78. The van der Waals surface area contributed by atoms with Gasteiger partial charge in [-0.25, -0.2) is 15.0 Å². The molecule has 1 aliphatic rings. The molecule has 1 saturated heterocycles. The number of hydrogen-bond acceptors (Lipinski definition) is 6. The van der Waals surface area contributed by atoms with Gasteiger partial charge in [-0.05, 0) is 12.8 Å². The SMILES string of the molecule is Nc1c(C(=O)NN2CCCCC2)sc2nccnc12. The van der Waals surface area contributed by atoms with Crippen LogP contribution >= 0.6 is 11.3 Å². The maximum absolute atomic E-state index is 12.2. The minimum absolute atomic E-state index is 0.163. The summed E-state index contributed by atoms with van der Waals surface area (Å²) in [6.45, 7) is 1.79. The third-order valence-corrected chi connectivity index (χ3v) is 4.29. The van der Waals surface area contributed by atoms with Gasteiger partial charge in [0.05, 0.1) is 5.69 Å². The number of hydrogen-bond donors (Lipinski definition) is 2. The number of carbonyl (C=O) groups is 1. The van der Waals surface area contributed by atoms with E-state index in [1.807, 2.05) is 5.01 Å². The molecule has 0 atom stereocenters. The van der Waals surface area contributed by atoms with Gasteiger partial charge in [0, 0.05) is 25.5 Å². The second kappa shape index (κ2) is 5.10. The van der Waals surface area contributed by atoms with Crippen molar-refractivity contribution >= 4 is 33.3 Å². The molecule has 0 aromatic carbocycles. The van der Waals surface area contributed by atoms with Gasteiger partial charge in [0.2, 0.25) is 0 Å². The zero-order valence-electron chi connectivity index (χ0n) is 10.4. The Morgan fingerprint density at radius 3 is 2.74 bits per heavy atom. The monoisotopic (exact) mass is 277 g/mol. The number of piperidine rings is 1. The second-order valence-corrected chi connectivity index (χ2v) is 5.54. The van der Waals surface area contributed by atoms with Crippen LogP contribution in [0, 0.1) is 0 Å². The van der Waals surface area contributed by atoms with Gasteiger partial charge in [-0.1, -0.05) is 6.42 Å². The molecule has 2 aromatic rings. The molecule has 0 radical (unpaired) electrons. The first-order valence-electron chi connectivity index (χ1n) is 6.30. The predicted molar refractivity (Wildman–Crippen MR) is 74.7 cm³/mol. The van der Waals surface area contributed by atoms with E-state index < -0.39 is 0 Å². The van der Waals surface area contributed by atoms with Crippen LogP contribution in [-0.4, -0.2) is 34.0 Å². The molecule has 0 saturated carbocycles. The number of nitrogens with two attached hydrogens (primary N) is 1. The molecule has 0 unspecified atom stereocenters. The quantitative estimate of drug-likeness (QED) is 0.867. The van der Waals surface area contributed by atoms with E-state index in [4.69, 9.17) is 5.73 Å². The molecule has 3 heterocycles. The first kappa shape index (κ1) is 12.3. The summed E-state index contributed by atoms with van der Waals surface area (Å²) < 4.78 is 0. The maximum Gasteiger partial charge on any atom is 0.277 e. The number of carbonyl (C=O) groups excluding carboxylic acids is 1. The lowest BCUT2D eigenvalue weighted by Gasteiger charge is -2.26. The average molecular weight is 277 g/mol. The van der Waals surface area contributed by atoms with Crippen LogP contribution in [0.2, 0.25) is 0 Å². The smallest absolute Gasteiger partial charge is 0.277 e. The summed E-state index contributed by atoms with van der Waals surface area (Å²) in [7, 11) is 0. The number of amides is 1. The number of anilines is 1. The summed E-state index contributed by atoms with van der Waals surface area (Å²) in [5, 5.41) is 1.95. The van der Waals surface area contributed by atoms with Crippen molar-refractivity contribution in [2.24, 2.45) is 0 Å². The summed E-state index contributed by atoms with van der Waals surface area (Å²) in [6, 6.07) is 0. The number of rotatable bonds is 2. The van der Waals surface area contributed by atoms with E-state index >= 15 is 0 Å². The molecule has 0 spiro atoms. The van der Waals surface area contributed by atoms with Gasteiger partial charge in [-0.3, -0.25) is 10.2 Å². The molecular formula is C12H15N5OS. The molecule has 7 heteroatoms. The van der Waals surface area contributed by atoms with Crippen LogP contribution in [0.5, 0.6) is 0 Å². The molecule has 100 valence electrons. The van der Waals surface area contributed by atoms with Gasteiger partial charge in [0.1, 0.15) is 15.2 Å². The van der Waals surface area contributed by atoms with Gasteiger partial charge in [-0.2, -0.15) is 0 Å². The van der Waals surface area contributed by atoms with E-state index in [1.54, 1.807) is 12.4 Å². The number of thiophene rings is 1. The molecule has 2 aromatic heterocycles. The molecule has 3 N–H and O–H groups in total. The van der Waals surface area contributed by atoms with Crippen molar-refractivity contribution in [3.8, 4) is 0 Å². The first-order chi connectivity index (χ1) is 9.25. The molecule has 1 fully saturated rings. The van der Waals surface area contributed by atoms with Crippen molar-refractivity contribution < 1.29 is 4.79 Å². The summed E-state index contributed by atoms with van der Waals surface area (Å²) in [4.78, 5) is 21.8. The lowest BCUT2D eigenvalue weighted by atomic mass is 10.2. The van der Waals surface area contributed by atoms with Gasteiger partial charge in [0.15, 0.2) is 0 Å². The van der Waals surface area contributed by atoms with Gasteiger partial charge >= 0.3 is 0 Å². The third kappa shape index (κ3) is 2.39. The highest BCUT2D eigenvalue weighted by molar-refractivity contribution is 7.21. The van der Waals surface area contributed by atoms with Crippen molar-refractivity contribution in [2.45, 2.75) is 19.3 Å².